The van der Waals surface area contributed by atoms with E-state index in [2.05, 4.69) is 43.8 Å². The molecular formula is C38H38O21S4. The van der Waals surface area contributed by atoms with Crippen molar-refractivity contribution in [3.05, 3.63) is 45.9 Å². The van der Waals surface area contributed by atoms with E-state index in [1.54, 1.807) is 11.8 Å². The van der Waals surface area contributed by atoms with Gasteiger partial charge in [-0.1, -0.05) is 5.92 Å². The van der Waals surface area contributed by atoms with Crippen molar-refractivity contribution < 1.29 is 100 Å². The fourth-order valence-corrected chi connectivity index (χ4v) is 5.77. The molecule has 0 bridgehead atoms. The molecule has 0 amide bonds. The van der Waals surface area contributed by atoms with Crippen LogP contribution in [0.5, 0.6) is 0 Å². The van der Waals surface area contributed by atoms with E-state index in [4.69, 9.17) is 33.5 Å². The summed E-state index contributed by atoms with van der Waals surface area (Å²) in [6.45, 7) is -3.71. The van der Waals surface area contributed by atoms with Crippen LogP contribution < -0.4 is 0 Å². The van der Waals surface area contributed by atoms with Gasteiger partial charge in [-0.05, 0) is 21.6 Å². The van der Waals surface area contributed by atoms with Crippen molar-refractivity contribution in [1.29, 1.82) is 0 Å². The first-order chi connectivity index (χ1) is 30.3. The summed E-state index contributed by atoms with van der Waals surface area (Å²) in [7, 11) is 0. The lowest BCUT2D eigenvalue weighted by molar-refractivity contribution is -0.174. The van der Waals surface area contributed by atoms with Gasteiger partial charge in [-0.15, -0.1) is 66.3 Å². The molecule has 0 N–H and O–H groups in total. The molecule has 0 spiro atoms. The van der Waals surface area contributed by atoms with Gasteiger partial charge in [-0.3, -0.25) is 19.2 Å². The van der Waals surface area contributed by atoms with Crippen LogP contribution in [0.1, 0.15) is 12.8 Å². The molecule has 0 aliphatic carbocycles. The Balaban J connectivity index is 4.14. The number of thioether (sulfide) groups is 4. The molecule has 340 valence electrons. The molecule has 25 heteroatoms. The normalized spacial score (nSPS) is 11.0. The maximum atomic E-state index is 12.1. The van der Waals surface area contributed by atoms with Crippen LogP contribution in [0.3, 0.4) is 0 Å². The lowest BCUT2D eigenvalue weighted by atomic mass is 10.4. The number of carbonyl (C=O) groups excluding carboxylic acids is 10. The van der Waals surface area contributed by atoms with Crippen molar-refractivity contribution in [2.75, 3.05) is 70.0 Å². The summed E-state index contributed by atoms with van der Waals surface area (Å²) in [6, 6.07) is 0. The van der Waals surface area contributed by atoms with Gasteiger partial charge in [0, 0.05) is 59.2 Å². The number of hydrogen-bond donors (Lipinski definition) is 0. The SMILES string of the molecule is C#CCOC(COC(=O)/C=C/SCCSC=CC(=O)OCOC(=O)CC(=O)OCOC(=O)C#C)COC(=O)/C=C/SCCSC=CC(=O)OCOC(=O)CC(=O)OCOC(=O)C#C. The highest BCUT2D eigenvalue weighted by atomic mass is 32.2. The van der Waals surface area contributed by atoms with E-state index in [1.165, 1.54) is 80.8 Å². The molecule has 0 aromatic rings. The first-order valence-corrected chi connectivity index (χ1v) is 21.2. The van der Waals surface area contributed by atoms with Crippen LogP contribution in [-0.2, 0) is 100 Å². The second kappa shape index (κ2) is 38.6. The van der Waals surface area contributed by atoms with Gasteiger partial charge in [0.2, 0.25) is 27.2 Å². The Morgan fingerprint density at radius 2 is 0.730 bits per heavy atom. The zero-order valence-corrected chi connectivity index (χ0v) is 36.1. The molecule has 0 aliphatic rings. The van der Waals surface area contributed by atoms with Gasteiger partial charge < -0.3 is 52.1 Å². The maximum absolute atomic E-state index is 12.1. The molecule has 0 radical (unpaired) electrons. The van der Waals surface area contributed by atoms with Crippen LogP contribution in [0.2, 0.25) is 0 Å². The largest absolute Gasteiger partial charge is 0.460 e. The van der Waals surface area contributed by atoms with E-state index in [9.17, 15) is 47.9 Å². The number of rotatable bonds is 32. The second-order valence-corrected chi connectivity index (χ2v) is 14.1. The molecule has 0 heterocycles. The summed E-state index contributed by atoms with van der Waals surface area (Å²) in [5.41, 5.74) is 0. The molecule has 0 atom stereocenters. The Kier molecular flexibility index (Phi) is 34.7. The average molecular weight is 959 g/mol. The molecule has 0 rings (SSSR count). The van der Waals surface area contributed by atoms with Gasteiger partial charge in [0.25, 0.3) is 0 Å². The van der Waals surface area contributed by atoms with Crippen molar-refractivity contribution >= 4 is 107 Å². The van der Waals surface area contributed by atoms with E-state index in [-0.39, 0.29) is 19.8 Å². The molecule has 0 aromatic carbocycles. The summed E-state index contributed by atoms with van der Waals surface area (Å²) in [5.74, 6) is -1.69. The lowest BCUT2D eigenvalue weighted by Crippen LogP contribution is -2.28. The fourth-order valence-electron chi connectivity index (χ4n) is 2.86. The fraction of sp³-hybridized carbons (Fsp3) is 0.368. The zero-order chi connectivity index (χ0) is 46.9. The van der Waals surface area contributed by atoms with Gasteiger partial charge in [0.15, 0.2) is 0 Å². The Bertz CT molecular complexity index is 1680. The Hall–Kier alpha value is -6.30. The third-order valence-electron chi connectivity index (χ3n) is 5.54. The quantitative estimate of drug-likeness (QED) is 0.0134. The van der Waals surface area contributed by atoms with Crippen molar-refractivity contribution in [1.82, 2.24) is 0 Å². The first-order valence-electron chi connectivity index (χ1n) is 17.0. The Labute approximate surface area is 377 Å². The summed E-state index contributed by atoms with van der Waals surface area (Å²) >= 11 is 5.05. The van der Waals surface area contributed by atoms with Gasteiger partial charge in [-0.25, -0.2) is 28.8 Å². The first kappa shape index (κ1) is 56.7. The Morgan fingerprint density at radius 1 is 0.429 bits per heavy atom. The van der Waals surface area contributed by atoms with E-state index >= 15 is 0 Å². The predicted octanol–water partition coefficient (Wildman–Crippen LogP) is 1.30. The van der Waals surface area contributed by atoms with E-state index in [1.807, 2.05) is 0 Å². The maximum Gasteiger partial charge on any atom is 0.386 e. The highest BCUT2D eigenvalue weighted by Gasteiger charge is 2.16. The molecule has 0 unspecified atom stereocenters. The highest BCUT2D eigenvalue weighted by Crippen LogP contribution is 2.11. The van der Waals surface area contributed by atoms with Crippen molar-refractivity contribution in [2.24, 2.45) is 0 Å². The minimum Gasteiger partial charge on any atom is -0.460 e. The number of hydrogen-bond acceptors (Lipinski definition) is 25. The summed E-state index contributed by atoms with van der Waals surface area (Å²) in [6.07, 6.45) is 16.8. The topological polar surface area (TPSA) is 272 Å². The predicted molar refractivity (Wildman–Crippen MR) is 222 cm³/mol. The minimum absolute atomic E-state index is 0.129. The van der Waals surface area contributed by atoms with Crippen LogP contribution in [0.25, 0.3) is 0 Å². The number of esters is 10. The van der Waals surface area contributed by atoms with E-state index < -0.39 is 106 Å². The van der Waals surface area contributed by atoms with Crippen LogP contribution >= 0.6 is 47.0 Å². The van der Waals surface area contributed by atoms with Crippen LogP contribution in [-0.4, -0.2) is 136 Å². The smallest absolute Gasteiger partial charge is 0.386 e. The lowest BCUT2D eigenvalue weighted by Gasteiger charge is -2.15. The second-order valence-electron chi connectivity index (χ2n) is 10.1. The summed E-state index contributed by atoms with van der Waals surface area (Å²) in [4.78, 5) is 115. The van der Waals surface area contributed by atoms with Gasteiger partial charge in [-0.2, -0.15) is 0 Å². The van der Waals surface area contributed by atoms with Crippen molar-refractivity contribution in [3.63, 3.8) is 0 Å². The van der Waals surface area contributed by atoms with Gasteiger partial charge >= 0.3 is 59.7 Å². The van der Waals surface area contributed by atoms with E-state index in [0.29, 0.717) is 23.0 Å². The minimum atomic E-state index is -1.06. The van der Waals surface area contributed by atoms with Crippen molar-refractivity contribution in [2.45, 2.75) is 18.9 Å². The molecular weight excluding hydrogens is 921 g/mol. The summed E-state index contributed by atoms with van der Waals surface area (Å²) < 4.78 is 51.6. The number of carbonyl (C=O) groups is 10. The van der Waals surface area contributed by atoms with Gasteiger partial charge in [0.1, 0.15) is 38.8 Å². The van der Waals surface area contributed by atoms with E-state index in [0.717, 1.165) is 12.2 Å². The highest BCUT2D eigenvalue weighted by molar-refractivity contribution is 8.06. The molecule has 63 heavy (non-hydrogen) atoms. The molecule has 0 fully saturated rings. The molecule has 0 saturated carbocycles. The third kappa shape index (κ3) is 37.2. The third-order valence-corrected chi connectivity index (χ3v) is 9.13. The zero-order valence-electron chi connectivity index (χ0n) is 32.8. The summed E-state index contributed by atoms with van der Waals surface area (Å²) in [5, 5.41) is 5.89. The standard InChI is InChI=1S/C38H38O21S4/c1-4-11-49-28(22-50-31(41)7-12-60-16-18-62-14-9-33(43)54-26-58-37(47)20-35(45)56-24-52-29(39)5-2)23-51-32(42)8-13-61-17-19-63-15-10-34(44)55-27-59-38(48)21-36(46)57-25-53-30(40)6-3/h1-3,7-10,12-15,28H,11,16-27H2/b12-7+,13-8+,14-9?,15-10?. The molecule has 0 aromatic heterocycles. The molecule has 0 aliphatic heterocycles. The average Bonchev–Trinajstić information content (AvgIpc) is 3.24. The number of terminal acetylenes is 3. The van der Waals surface area contributed by atoms with Gasteiger partial charge in [0.05, 0.1) is 0 Å². The van der Waals surface area contributed by atoms with Crippen LogP contribution in [0.15, 0.2) is 45.9 Å². The van der Waals surface area contributed by atoms with Crippen molar-refractivity contribution in [3.8, 4) is 37.0 Å². The Morgan fingerprint density at radius 3 is 1.03 bits per heavy atom. The molecule has 21 nitrogen and oxygen atoms in total. The monoisotopic (exact) mass is 958 g/mol. The van der Waals surface area contributed by atoms with Crippen LogP contribution in [0.4, 0.5) is 0 Å². The molecule has 0 saturated heterocycles. The number of ether oxygens (including phenoxy) is 11. The van der Waals surface area contributed by atoms with Crippen LogP contribution in [0, 0.1) is 37.0 Å².